The van der Waals surface area contributed by atoms with Crippen LogP contribution in [0.2, 0.25) is 0 Å². The van der Waals surface area contributed by atoms with E-state index >= 15 is 0 Å². The molecule has 1 aromatic rings. The molecule has 0 aliphatic heterocycles. The fourth-order valence-electron chi connectivity index (χ4n) is 0.521. The number of furan rings is 1. The summed E-state index contributed by atoms with van der Waals surface area (Å²) < 4.78 is 8.20. The number of hydrogen-bond acceptors (Lipinski definition) is 5. The van der Waals surface area contributed by atoms with Gasteiger partial charge in [0.25, 0.3) is 6.16 Å². The van der Waals surface area contributed by atoms with Crippen LogP contribution in [0, 0.1) is 0 Å². The van der Waals surface area contributed by atoms with E-state index in [2.05, 4.69) is 9.15 Å². The summed E-state index contributed by atoms with van der Waals surface area (Å²) in [6.45, 7) is 0. The van der Waals surface area contributed by atoms with Crippen LogP contribution in [-0.4, -0.2) is 12.1 Å². The van der Waals surface area contributed by atoms with Crippen LogP contribution in [0.15, 0.2) is 22.8 Å². The topological polar surface area (TPSA) is 79.6 Å². The van der Waals surface area contributed by atoms with Gasteiger partial charge in [-0.3, -0.25) is 4.79 Å². The Morgan fingerprint density at radius 3 is 2.58 bits per heavy atom. The van der Waals surface area contributed by atoms with Crippen LogP contribution < -0.4 is 34.7 Å². The summed E-state index contributed by atoms with van der Waals surface area (Å²) in [6, 6.07) is 2.72. The predicted octanol–water partition coefficient (Wildman–Crippen LogP) is -3.22. The van der Waals surface area contributed by atoms with E-state index in [4.69, 9.17) is 0 Å². The molecule has 5 nitrogen and oxygen atoms in total. The second-order valence-corrected chi connectivity index (χ2v) is 1.62. The molecule has 1 rings (SSSR count). The van der Waals surface area contributed by atoms with Gasteiger partial charge in [-0.25, -0.2) is 0 Å². The van der Waals surface area contributed by atoms with E-state index in [1.807, 2.05) is 0 Å². The summed E-state index contributed by atoms with van der Waals surface area (Å²) in [4.78, 5) is 20.3. The summed E-state index contributed by atoms with van der Waals surface area (Å²) in [7, 11) is 0. The largest absolute Gasteiger partial charge is 1.00 e. The smallest absolute Gasteiger partial charge is 0.478 e. The zero-order valence-electron chi connectivity index (χ0n) is 6.27. The third-order valence-electron chi connectivity index (χ3n) is 0.898. The average Bonchev–Trinajstić information content (AvgIpc) is 2.35. The average molecular weight is 178 g/mol. The molecule has 1 aromatic heterocycles. The maximum atomic E-state index is 10.6. The standard InChI is InChI=1S/C6H4O5.Na/c7-5(11-6(8)9)4-2-1-3-10-4;/h1-3H,(H,8,9);/q;+1/p-1. The molecular weight excluding hydrogens is 175 g/mol. The Morgan fingerprint density at radius 2 is 2.17 bits per heavy atom. The normalized spacial score (nSPS) is 8.33. The van der Waals surface area contributed by atoms with Gasteiger partial charge in [-0.05, 0) is 12.1 Å². The minimum Gasteiger partial charge on any atom is -0.478 e. The Bertz CT molecular complexity index is 265. The van der Waals surface area contributed by atoms with Gasteiger partial charge in [0, 0.05) is 0 Å². The van der Waals surface area contributed by atoms with Crippen LogP contribution in [0.25, 0.3) is 0 Å². The number of hydrogen-bond donors (Lipinski definition) is 0. The molecule has 0 unspecified atom stereocenters. The van der Waals surface area contributed by atoms with Crippen molar-refractivity contribution in [3.05, 3.63) is 24.2 Å². The van der Waals surface area contributed by atoms with Crippen molar-refractivity contribution in [3.8, 4) is 0 Å². The zero-order chi connectivity index (χ0) is 8.27. The van der Waals surface area contributed by atoms with Crippen molar-refractivity contribution in [1.82, 2.24) is 0 Å². The molecule has 0 aliphatic carbocycles. The molecule has 0 amide bonds. The Kier molecular flexibility index (Phi) is 4.65. The molecule has 58 valence electrons. The molecule has 0 spiro atoms. The molecule has 0 bridgehead atoms. The minimum absolute atomic E-state index is 0. The Hall–Kier alpha value is -0.780. The van der Waals surface area contributed by atoms with Crippen molar-refractivity contribution in [2.24, 2.45) is 0 Å². The molecule has 0 N–H and O–H groups in total. The maximum Gasteiger partial charge on any atom is 1.00 e. The van der Waals surface area contributed by atoms with Crippen molar-refractivity contribution >= 4 is 12.1 Å². The predicted molar refractivity (Wildman–Crippen MR) is 29.5 cm³/mol. The van der Waals surface area contributed by atoms with Crippen molar-refractivity contribution < 1.29 is 53.4 Å². The van der Waals surface area contributed by atoms with Gasteiger partial charge in [0.15, 0.2) is 5.76 Å². The quantitative estimate of drug-likeness (QED) is 0.257. The summed E-state index contributed by atoms with van der Waals surface area (Å²) in [5.41, 5.74) is 0. The Morgan fingerprint density at radius 1 is 1.50 bits per heavy atom. The van der Waals surface area contributed by atoms with Crippen molar-refractivity contribution in [2.75, 3.05) is 0 Å². The van der Waals surface area contributed by atoms with Crippen molar-refractivity contribution in [3.63, 3.8) is 0 Å². The van der Waals surface area contributed by atoms with E-state index in [9.17, 15) is 14.7 Å². The van der Waals surface area contributed by atoms with Gasteiger partial charge in [0.2, 0.25) is 0 Å². The number of carbonyl (C=O) groups is 2. The van der Waals surface area contributed by atoms with E-state index in [1.54, 1.807) is 0 Å². The van der Waals surface area contributed by atoms with E-state index in [0.29, 0.717) is 0 Å². The SMILES string of the molecule is O=C([O-])OC(=O)c1ccco1.[Na+]. The molecule has 0 saturated carbocycles. The number of esters is 1. The fourth-order valence-corrected chi connectivity index (χ4v) is 0.521. The fraction of sp³-hybridized carbons (Fsp3) is 0. The van der Waals surface area contributed by atoms with Gasteiger partial charge in [-0.2, -0.15) is 0 Å². The third-order valence-corrected chi connectivity index (χ3v) is 0.898. The van der Waals surface area contributed by atoms with Crippen LogP contribution in [0.4, 0.5) is 4.79 Å². The van der Waals surface area contributed by atoms with E-state index in [1.165, 1.54) is 18.4 Å². The van der Waals surface area contributed by atoms with Crippen LogP contribution in [0.5, 0.6) is 0 Å². The molecule has 0 saturated heterocycles. The maximum absolute atomic E-state index is 10.6. The molecule has 1 heterocycles. The van der Waals surface area contributed by atoms with Crippen LogP contribution in [0.3, 0.4) is 0 Å². The summed E-state index contributed by atoms with van der Waals surface area (Å²) in [5, 5.41) is 9.71. The van der Waals surface area contributed by atoms with Gasteiger partial charge < -0.3 is 19.1 Å². The molecule has 0 aliphatic rings. The van der Waals surface area contributed by atoms with E-state index in [-0.39, 0.29) is 35.3 Å². The zero-order valence-corrected chi connectivity index (χ0v) is 8.27. The Labute approximate surface area is 89.6 Å². The van der Waals surface area contributed by atoms with Crippen molar-refractivity contribution in [2.45, 2.75) is 0 Å². The van der Waals surface area contributed by atoms with Gasteiger partial charge in [-0.15, -0.1) is 0 Å². The van der Waals surface area contributed by atoms with Crippen LogP contribution in [-0.2, 0) is 4.74 Å². The Balaban J connectivity index is 0.00000121. The number of rotatable bonds is 1. The molecule has 0 aromatic carbocycles. The molecule has 0 radical (unpaired) electrons. The van der Waals surface area contributed by atoms with Gasteiger partial charge in [0.1, 0.15) is 0 Å². The number of carboxylic acid groups (broad SMARTS) is 1. The molecule has 6 heteroatoms. The van der Waals surface area contributed by atoms with Crippen molar-refractivity contribution in [1.29, 1.82) is 0 Å². The summed E-state index contributed by atoms with van der Waals surface area (Å²) in [5.74, 6) is -1.25. The summed E-state index contributed by atoms with van der Waals surface area (Å²) in [6.07, 6.45) is -0.669. The first-order valence-electron chi connectivity index (χ1n) is 2.67. The monoisotopic (exact) mass is 178 g/mol. The first kappa shape index (κ1) is 11.2. The van der Waals surface area contributed by atoms with Gasteiger partial charge in [0.05, 0.1) is 6.26 Å². The number of carbonyl (C=O) groups excluding carboxylic acids is 2. The van der Waals surface area contributed by atoms with Crippen LogP contribution >= 0.6 is 0 Å². The minimum atomic E-state index is -1.90. The van der Waals surface area contributed by atoms with Gasteiger partial charge >= 0.3 is 35.5 Å². The molecule has 0 fully saturated rings. The van der Waals surface area contributed by atoms with Crippen LogP contribution in [0.1, 0.15) is 10.6 Å². The second kappa shape index (κ2) is 4.97. The molecular formula is C6H3NaO5. The molecule has 12 heavy (non-hydrogen) atoms. The first-order valence-corrected chi connectivity index (χ1v) is 2.67. The summed E-state index contributed by atoms with van der Waals surface area (Å²) >= 11 is 0. The first-order chi connectivity index (χ1) is 5.20. The second-order valence-electron chi connectivity index (χ2n) is 1.62. The molecule has 0 atom stereocenters. The third kappa shape index (κ3) is 3.08. The van der Waals surface area contributed by atoms with Gasteiger partial charge in [-0.1, -0.05) is 0 Å². The van der Waals surface area contributed by atoms with E-state index < -0.39 is 12.1 Å². The van der Waals surface area contributed by atoms with E-state index in [0.717, 1.165) is 0 Å². The number of ether oxygens (including phenoxy) is 1.